The molecule has 2 heterocycles. The zero-order valence-corrected chi connectivity index (χ0v) is 11.4. The molecule has 1 saturated heterocycles. The molecule has 3 rings (SSSR count). The van der Waals surface area contributed by atoms with Crippen molar-refractivity contribution < 1.29 is 0 Å². The van der Waals surface area contributed by atoms with Gasteiger partial charge in [-0.05, 0) is 43.6 Å². The zero-order valence-electron chi connectivity index (χ0n) is 11.4. The Balaban J connectivity index is 1.69. The smallest absolute Gasteiger partial charge is 0.0397 e. The average molecular weight is 245 g/mol. The van der Waals surface area contributed by atoms with E-state index < -0.39 is 0 Å². The maximum Gasteiger partial charge on any atom is 0.0397 e. The third-order valence-corrected chi connectivity index (χ3v) is 4.36. The van der Waals surface area contributed by atoms with Crippen molar-refractivity contribution in [2.24, 2.45) is 0 Å². The van der Waals surface area contributed by atoms with Crippen LogP contribution < -0.4 is 10.2 Å². The molecule has 1 atom stereocenters. The number of benzene rings is 1. The van der Waals surface area contributed by atoms with Crippen LogP contribution in [0.3, 0.4) is 0 Å². The van der Waals surface area contributed by atoms with Crippen molar-refractivity contribution in [3.05, 3.63) is 29.3 Å². The highest BCUT2D eigenvalue weighted by atomic mass is 15.2. The van der Waals surface area contributed by atoms with Crippen molar-refractivity contribution in [1.82, 2.24) is 10.2 Å². The highest BCUT2D eigenvalue weighted by molar-refractivity contribution is 5.58. The summed E-state index contributed by atoms with van der Waals surface area (Å²) in [5, 5.41) is 3.44. The van der Waals surface area contributed by atoms with Crippen LogP contribution in [0.5, 0.6) is 0 Å². The molecule has 0 bridgehead atoms. The molecule has 0 aliphatic carbocycles. The molecule has 0 saturated carbocycles. The second-order valence-electron chi connectivity index (χ2n) is 5.70. The summed E-state index contributed by atoms with van der Waals surface area (Å²) in [5.41, 5.74) is 4.40. The Morgan fingerprint density at radius 2 is 2.33 bits per heavy atom. The minimum Gasteiger partial charge on any atom is -0.374 e. The van der Waals surface area contributed by atoms with Crippen molar-refractivity contribution in [1.29, 1.82) is 0 Å². The van der Waals surface area contributed by atoms with Crippen LogP contribution in [0.25, 0.3) is 0 Å². The number of nitrogens with zero attached hydrogens (tertiary/aromatic N) is 2. The van der Waals surface area contributed by atoms with Gasteiger partial charge in [0.2, 0.25) is 0 Å². The number of hydrogen-bond donors (Lipinski definition) is 1. The van der Waals surface area contributed by atoms with E-state index in [1.54, 1.807) is 0 Å². The van der Waals surface area contributed by atoms with Gasteiger partial charge in [-0.3, -0.25) is 4.90 Å². The van der Waals surface area contributed by atoms with E-state index in [0.717, 1.165) is 13.1 Å². The first-order valence-corrected chi connectivity index (χ1v) is 6.98. The summed E-state index contributed by atoms with van der Waals surface area (Å²) in [5.74, 6) is 0. The predicted molar refractivity (Wildman–Crippen MR) is 76.2 cm³/mol. The van der Waals surface area contributed by atoms with Crippen LogP contribution in [-0.2, 0) is 13.0 Å². The van der Waals surface area contributed by atoms with Gasteiger partial charge in [0.25, 0.3) is 0 Å². The second-order valence-corrected chi connectivity index (χ2v) is 5.70. The summed E-state index contributed by atoms with van der Waals surface area (Å²) in [6, 6.07) is 7.69. The molecule has 0 radical (unpaired) electrons. The van der Waals surface area contributed by atoms with Crippen LogP contribution in [0.1, 0.15) is 17.5 Å². The van der Waals surface area contributed by atoms with E-state index in [1.807, 2.05) is 0 Å². The van der Waals surface area contributed by atoms with Crippen LogP contribution in [-0.4, -0.2) is 44.7 Å². The number of likely N-dealkylation sites (N-methyl/N-ethyl adjacent to an activating group) is 2. The molecule has 2 aliphatic heterocycles. The Morgan fingerprint density at radius 3 is 3.11 bits per heavy atom. The first-order valence-electron chi connectivity index (χ1n) is 6.98. The summed E-state index contributed by atoms with van der Waals surface area (Å²) >= 11 is 0. The Labute approximate surface area is 110 Å². The van der Waals surface area contributed by atoms with Gasteiger partial charge < -0.3 is 10.2 Å². The molecule has 1 aromatic carbocycles. The van der Waals surface area contributed by atoms with Gasteiger partial charge in [-0.2, -0.15) is 0 Å². The van der Waals surface area contributed by atoms with E-state index in [9.17, 15) is 0 Å². The van der Waals surface area contributed by atoms with Gasteiger partial charge in [0.1, 0.15) is 0 Å². The molecule has 0 amide bonds. The molecule has 2 aliphatic rings. The van der Waals surface area contributed by atoms with Crippen molar-refractivity contribution in [3.63, 3.8) is 0 Å². The molecule has 18 heavy (non-hydrogen) atoms. The highest BCUT2D eigenvalue weighted by Crippen LogP contribution is 2.27. The molecule has 1 aromatic rings. The Kier molecular flexibility index (Phi) is 3.27. The normalized spacial score (nSPS) is 22.8. The standard InChI is InChI=1S/C15H23N3/c1-17-8-6-13-9-12(3-4-15(13)17)11-18(2)14-5-7-16-10-14/h3-4,9,14,16H,5-8,10-11H2,1-2H3. The van der Waals surface area contributed by atoms with Crippen LogP contribution in [0.4, 0.5) is 5.69 Å². The number of nitrogens with one attached hydrogen (secondary N) is 1. The quantitative estimate of drug-likeness (QED) is 0.870. The van der Waals surface area contributed by atoms with E-state index in [-0.39, 0.29) is 0 Å². The monoisotopic (exact) mass is 245 g/mol. The van der Waals surface area contributed by atoms with E-state index in [4.69, 9.17) is 0 Å². The van der Waals surface area contributed by atoms with Gasteiger partial charge >= 0.3 is 0 Å². The molecular formula is C15H23N3. The first-order chi connectivity index (χ1) is 8.74. The minimum absolute atomic E-state index is 0.709. The molecule has 1 unspecified atom stereocenters. The van der Waals surface area contributed by atoms with Gasteiger partial charge in [0.15, 0.2) is 0 Å². The van der Waals surface area contributed by atoms with E-state index in [2.05, 4.69) is 47.4 Å². The van der Waals surface area contributed by atoms with Crippen LogP contribution in [0.15, 0.2) is 18.2 Å². The predicted octanol–water partition coefficient (Wildman–Crippen LogP) is 1.47. The molecule has 98 valence electrons. The lowest BCUT2D eigenvalue weighted by atomic mass is 10.1. The lowest BCUT2D eigenvalue weighted by Crippen LogP contribution is -2.32. The number of hydrogen-bond acceptors (Lipinski definition) is 3. The minimum atomic E-state index is 0.709. The van der Waals surface area contributed by atoms with Crippen LogP contribution >= 0.6 is 0 Å². The Hall–Kier alpha value is -1.06. The largest absolute Gasteiger partial charge is 0.374 e. The lowest BCUT2D eigenvalue weighted by Gasteiger charge is -2.23. The fourth-order valence-corrected chi connectivity index (χ4v) is 3.15. The maximum atomic E-state index is 3.44. The molecule has 1 N–H and O–H groups in total. The fraction of sp³-hybridized carbons (Fsp3) is 0.600. The topological polar surface area (TPSA) is 18.5 Å². The summed E-state index contributed by atoms with van der Waals surface area (Å²) in [4.78, 5) is 4.84. The fourth-order valence-electron chi connectivity index (χ4n) is 3.15. The van der Waals surface area contributed by atoms with Crippen LogP contribution in [0.2, 0.25) is 0 Å². The lowest BCUT2D eigenvalue weighted by molar-refractivity contribution is 0.249. The number of anilines is 1. The van der Waals surface area contributed by atoms with Crippen molar-refractivity contribution in [3.8, 4) is 0 Å². The van der Waals surface area contributed by atoms with E-state index in [0.29, 0.717) is 6.04 Å². The van der Waals surface area contributed by atoms with Crippen LogP contribution in [0, 0.1) is 0 Å². The molecule has 3 heteroatoms. The second kappa shape index (κ2) is 4.90. The summed E-state index contributed by atoms with van der Waals surface area (Å²) < 4.78 is 0. The van der Waals surface area contributed by atoms with E-state index in [1.165, 1.54) is 42.7 Å². The average Bonchev–Trinajstić information content (AvgIpc) is 2.99. The van der Waals surface area contributed by atoms with Gasteiger partial charge in [-0.25, -0.2) is 0 Å². The molecule has 3 nitrogen and oxygen atoms in total. The van der Waals surface area contributed by atoms with E-state index >= 15 is 0 Å². The van der Waals surface area contributed by atoms with Crippen molar-refractivity contribution >= 4 is 5.69 Å². The SMILES string of the molecule is CN1CCc2cc(CN(C)C3CCNC3)ccc21. The van der Waals surface area contributed by atoms with Crippen molar-refractivity contribution in [2.75, 3.05) is 38.6 Å². The summed E-state index contributed by atoms with van der Waals surface area (Å²) in [6.07, 6.45) is 2.48. The number of fused-ring (bicyclic) bond motifs is 1. The Morgan fingerprint density at radius 1 is 1.44 bits per heavy atom. The number of rotatable bonds is 3. The summed E-state index contributed by atoms with van der Waals surface area (Å²) in [7, 11) is 4.43. The van der Waals surface area contributed by atoms with Gasteiger partial charge in [0.05, 0.1) is 0 Å². The molecule has 1 fully saturated rings. The van der Waals surface area contributed by atoms with Gasteiger partial charge in [-0.15, -0.1) is 0 Å². The third-order valence-electron chi connectivity index (χ3n) is 4.36. The third kappa shape index (κ3) is 2.25. The van der Waals surface area contributed by atoms with Crippen molar-refractivity contribution in [2.45, 2.75) is 25.4 Å². The zero-order chi connectivity index (χ0) is 12.5. The summed E-state index contributed by atoms with van der Waals surface area (Å²) in [6.45, 7) is 4.55. The maximum absolute atomic E-state index is 3.44. The Bertz CT molecular complexity index is 424. The van der Waals surface area contributed by atoms with Gasteiger partial charge in [-0.1, -0.05) is 12.1 Å². The highest BCUT2D eigenvalue weighted by Gasteiger charge is 2.20. The molecule has 0 aromatic heterocycles. The molecule has 0 spiro atoms. The van der Waals surface area contributed by atoms with Gasteiger partial charge in [0, 0.05) is 38.4 Å². The first kappa shape index (κ1) is 12.0. The molecular weight excluding hydrogens is 222 g/mol.